The van der Waals surface area contributed by atoms with Gasteiger partial charge in [-0.05, 0) is 29.7 Å². The third-order valence-corrected chi connectivity index (χ3v) is 10.3. The summed E-state index contributed by atoms with van der Waals surface area (Å²) in [5.41, 5.74) is 1.41. The van der Waals surface area contributed by atoms with Crippen molar-refractivity contribution < 1.29 is 49.3 Å². The van der Waals surface area contributed by atoms with Gasteiger partial charge in [-0.3, -0.25) is 9.98 Å². The zero-order valence-electron chi connectivity index (χ0n) is 27.8. The molecule has 0 unspecified atom stereocenters. The Morgan fingerprint density at radius 2 is 0.805 bits per heavy atom. The second-order valence-corrected chi connectivity index (χ2v) is 15.7. The zero-order chi connectivity index (χ0) is 31.0. The molecule has 0 fully saturated rings. The van der Waals surface area contributed by atoms with Gasteiger partial charge in [0.05, 0.1) is 37.7 Å². The Kier molecular flexibility index (Phi) is 44.0. The van der Waals surface area contributed by atoms with Crippen molar-refractivity contribution in [2.24, 2.45) is 9.98 Å². The molecule has 0 aromatic heterocycles. The van der Waals surface area contributed by atoms with Crippen LogP contribution in [0.5, 0.6) is 0 Å². The summed E-state index contributed by atoms with van der Waals surface area (Å²) in [4.78, 5) is 8.30. The van der Waals surface area contributed by atoms with Crippen LogP contribution < -0.4 is 10.2 Å². The molecule has 0 saturated carbocycles. The Balaban J connectivity index is -0.000000251. The Morgan fingerprint density at radius 3 is 1.00 bits per heavy atom. The average molecular weight is 708 g/mol. The van der Waals surface area contributed by atoms with E-state index in [9.17, 15) is 10.2 Å². The number of aliphatic imine (C=N–C) groups is 2. The van der Waals surface area contributed by atoms with Gasteiger partial charge in [0.1, 0.15) is 0 Å². The van der Waals surface area contributed by atoms with Crippen LogP contribution in [0.15, 0.2) is 33.7 Å². The van der Waals surface area contributed by atoms with Gasteiger partial charge in [0, 0.05) is 125 Å². The van der Waals surface area contributed by atoms with Crippen molar-refractivity contribution in [3.05, 3.63) is 23.7 Å². The summed E-state index contributed by atoms with van der Waals surface area (Å²) in [6.45, 7) is 16.1. The van der Waals surface area contributed by atoms with Crippen LogP contribution in [0.25, 0.3) is 0 Å². The van der Waals surface area contributed by atoms with Crippen molar-refractivity contribution in [3.8, 4) is 0 Å². The number of rotatable bonds is 21. The van der Waals surface area contributed by atoms with E-state index in [0.29, 0.717) is 24.5 Å². The molecule has 0 atom stereocenters. The molecule has 1 radical (unpaired) electrons. The fraction of sp³-hybridized carbons (Fsp3) is 0.800. The second-order valence-electron chi connectivity index (χ2n) is 9.86. The van der Waals surface area contributed by atoms with Gasteiger partial charge < -0.3 is 29.2 Å². The van der Waals surface area contributed by atoms with E-state index in [1.54, 1.807) is 42.3 Å². The molecule has 0 amide bonds. The van der Waals surface area contributed by atoms with E-state index < -0.39 is 0 Å². The van der Waals surface area contributed by atoms with Crippen molar-refractivity contribution >= 4 is 27.3 Å². The third kappa shape index (κ3) is 46.9. The molecule has 11 heteroatoms. The number of hydrogen-bond donors (Lipinski definition) is 0. The summed E-state index contributed by atoms with van der Waals surface area (Å²) in [7, 11) is 6.89. The minimum atomic E-state index is -0.0946. The predicted molar refractivity (Wildman–Crippen MR) is 177 cm³/mol. The Bertz CT molecular complexity index is 595. The van der Waals surface area contributed by atoms with Gasteiger partial charge in [-0.15, -0.1) is 11.5 Å². The van der Waals surface area contributed by atoms with Crippen LogP contribution in [-0.2, 0) is 39.1 Å². The number of ether oxygens (including phenoxy) is 4. The SMILES string of the molecule is CC(/C=C(/C)[O-])=NCCN=C(C)/C=C(/C)[O-].COCCC[PH+](C)CCCOC.COCCC[PH+](C)CCCOC.[99Tc]. The van der Waals surface area contributed by atoms with Crippen molar-refractivity contribution in [2.75, 3.05) is 106 Å². The monoisotopic (exact) mass is 707 g/mol. The van der Waals surface area contributed by atoms with Gasteiger partial charge in [-0.25, -0.2) is 0 Å². The van der Waals surface area contributed by atoms with Gasteiger partial charge in [-0.1, -0.05) is 26.0 Å². The molecule has 0 aromatic carbocycles. The van der Waals surface area contributed by atoms with Crippen LogP contribution in [0.2, 0.25) is 0 Å². The topological polar surface area (TPSA) is 108 Å². The zero-order valence-corrected chi connectivity index (χ0v) is 31.6. The maximum absolute atomic E-state index is 10.7. The molecule has 245 valence electrons. The first-order valence-corrected chi connectivity index (χ1v) is 19.2. The van der Waals surface area contributed by atoms with Crippen molar-refractivity contribution in [1.82, 2.24) is 0 Å². The normalized spacial score (nSPS) is 12.5. The second kappa shape index (κ2) is 37.8. The van der Waals surface area contributed by atoms with Crippen molar-refractivity contribution in [3.63, 3.8) is 0 Å². The van der Waals surface area contributed by atoms with E-state index in [2.05, 4.69) is 23.3 Å². The summed E-state index contributed by atoms with van der Waals surface area (Å²) in [6.07, 6.45) is 13.4. The fourth-order valence-corrected chi connectivity index (χ4v) is 6.95. The molecule has 0 aliphatic heterocycles. The molecule has 0 N–H and O–H groups in total. The summed E-state index contributed by atoms with van der Waals surface area (Å²) < 4.78 is 20.0. The van der Waals surface area contributed by atoms with E-state index in [0.717, 1.165) is 26.4 Å². The predicted octanol–water partition coefficient (Wildman–Crippen LogP) is 4.24. The molecule has 0 aromatic rings. The molecule has 0 heterocycles. The Morgan fingerprint density at radius 1 is 0.561 bits per heavy atom. The number of nitrogens with zero attached hydrogens (tertiary/aromatic N) is 2. The molecule has 0 rings (SSSR count). The molecule has 0 aliphatic carbocycles. The van der Waals surface area contributed by atoms with Crippen LogP contribution in [-0.4, -0.2) is 117 Å². The average Bonchev–Trinajstić information content (AvgIpc) is 2.87. The first-order chi connectivity index (χ1) is 19.0. The van der Waals surface area contributed by atoms with Crippen LogP contribution in [0.1, 0.15) is 53.4 Å². The van der Waals surface area contributed by atoms with Gasteiger partial charge in [0.15, 0.2) is 0 Å². The number of allylic oxidation sites excluding steroid dienone is 4. The first-order valence-electron chi connectivity index (χ1n) is 14.3. The van der Waals surface area contributed by atoms with Gasteiger partial charge in [-0.2, -0.15) is 0 Å². The summed E-state index contributed by atoms with van der Waals surface area (Å²) >= 11 is 0. The molecule has 41 heavy (non-hydrogen) atoms. The van der Waals surface area contributed by atoms with Crippen LogP contribution in [0, 0.1) is 0 Å². The van der Waals surface area contributed by atoms with Crippen LogP contribution in [0.3, 0.4) is 0 Å². The summed E-state index contributed by atoms with van der Waals surface area (Å²) in [6, 6.07) is 0. The summed E-state index contributed by atoms with van der Waals surface area (Å²) in [5, 5.41) is 21.4. The van der Waals surface area contributed by atoms with E-state index in [1.165, 1.54) is 76.3 Å². The maximum Gasteiger partial charge on any atom is 0.0591 e. The largest absolute Gasteiger partial charge is 0.876 e. The Labute approximate surface area is 268 Å². The van der Waals surface area contributed by atoms with Gasteiger partial charge in [0.2, 0.25) is 0 Å². The third-order valence-electron chi connectivity index (χ3n) is 5.45. The maximum atomic E-state index is 10.7. The smallest absolute Gasteiger partial charge is 0.0591 e. The molecule has 0 spiro atoms. The molecule has 8 nitrogen and oxygen atoms in total. The van der Waals surface area contributed by atoms with E-state index >= 15 is 0 Å². The molecule has 0 bridgehead atoms. The molecule has 0 aliphatic rings. The standard InChI is InChI=1S/C12H20N2O2.2C9H21O2P.Tc/c1-9(7-11(3)15)13-5-6-14-10(2)8-12(4)16;2*1-10-6-4-8-12(3)9-5-7-11-2;/h7-8,15-16H,5-6H2,1-4H3;2*4-9H2,1-3H3;/b11-7-,12-8-,13-9?,14-10?;;;/i;;;1+1. The van der Waals surface area contributed by atoms with E-state index in [1.807, 2.05) is 0 Å². The van der Waals surface area contributed by atoms with E-state index in [-0.39, 0.29) is 47.5 Å². The van der Waals surface area contributed by atoms with Gasteiger partial charge >= 0.3 is 0 Å². The number of methoxy groups -OCH3 is 4. The summed E-state index contributed by atoms with van der Waals surface area (Å²) in [5.74, 6) is -0.0170. The first kappa shape index (κ1) is 47.7. The van der Waals surface area contributed by atoms with Gasteiger partial charge in [0.25, 0.3) is 0 Å². The minimum Gasteiger partial charge on any atom is -0.876 e. The van der Waals surface area contributed by atoms with Crippen molar-refractivity contribution in [2.45, 2.75) is 53.4 Å². The van der Waals surface area contributed by atoms with Crippen LogP contribution in [0.4, 0.5) is 0 Å². The van der Waals surface area contributed by atoms with Crippen molar-refractivity contribution in [1.29, 1.82) is 0 Å². The van der Waals surface area contributed by atoms with Crippen LogP contribution >= 0.6 is 15.8 Å². The fourth-order valence-electron chi connectivity index (χ4n) is 3.46. The number of hydrogen-bond acceptors (Lipinski definition) is 8. The molecular formula is C30H62N2O6P2Tc. The van der Waals surface area contributed by atoms with E-state index in [4.69, 9.17) is 18.9 Å². The minimum absolute atomic E-state index is 0. The molecule has 0 saturated heterocycles. The Hall–Kier alpha value is -0.231. The quantitative estimate of drug-likeness (QED) is 0.0765. The molecular weight excluding hydrogens is 645 g/mol.